The quantitative estimate of drug-likeness (QED) is 0.168. The number of fused-ring (bicyclic) bond motifs is 6. The van der Waals surface area contributed by atoms with E-state index in [9.17, 15) is 0 Å². The van der Waals surface area contributed by atoms with Crippen molar-refractivity contribution in [3.8, 4) is 56.4 Å². The van der Waals surface area contributed by atoms with Crippen LogP contribution in [-0.4, -0.2) is 24.1 Å². The molecule has 64 heavy (non-hydrogen) atoms. The van der Waals surface area contributed by atoms with Crippen molar-refractivity contribution in [1.29, 1.82) is 0 Å². The predicted molar refractivity (Wildman–Crippen MR) is 268 cm³/mol. The summed E-state index contributed by atoms with van der Waals surface area (Å²) in [6.07, 6.45) is 3.94. The van der Waals surface area contributed by atoms with E-state index < -0.39 is 0 Å². The molecule has 0 spiro atoms. The van der Waals surface area contributed by atoms with Crippen LogP contribution in [0.1, 0.15) is 52.7 Å². The summed E-state index contributed by atoms with van der Waals surface area (Å²) >= 11 is 0. The van der Waals surface area contributed by atoms with Crippen LogP contribution in [0.4, 0.5) is 0 Å². The number of para-hydroxylation sites is 2. The maximum atomic E-state index is 5.30. The molecule has 310 valence electrons. The fourth-order valence-corrected chi connectivity index (χ4v) is 9.36. The Bertz CT molecular complexity index is 3510. The molecule has 0 aliphatic heterocycles. The summed E-state index contributed by atoms with van der Waals surface area (Å²) in [7, 11) is 0. The van der Waals surface area contributed by atoms with E-state index in [1.165, 1.54) is 32.7 Å². The van der Waals surface area contributed by atoms with E-state index in [4.69, 9.17) is 15.0 Å². The molecule has 0 N–H and O–H groups in total. The molecule has 0 radical (unpaired) electrons. The largest absolute Gasteiger partial charge is 0.309 e. The molecular formula is C59H49N5. The second-order valence-corrected chi connectivity index (χ2v) is 19.0. The third-order valence-corrected chi connectivity index (χ3v) is 12.8. The summed E-state index contributed by atoms with van der Waals surface area (Å²) < 4.78 is 4.85. The number of benzene rings is 7. The Morgan fingerprint density at radius 1 is 0.375 bits per heavy atom. The van der Waals surface area contributed by atoms with Crippen molar-refractivity contribution >= 4 is 43.6 Å². The highest BCUT2D eigenvalue weighted by atomic mass is 15.0. The van der Waals surface area contributed by atoms with Crippen molar-refractivity contribution in [1.82, 2.24) is 24.1 Å². The molecule has 0 atom stereocenters. The maximum Gasteiger partial charge on any atom is 0.160 e. The van der Waals surface area contributed by atoms with Crippen molar-refractivity contribution in [2.45, 2.75) is 52.4 Å². The van der Waals surface area contributed by atoms with E-state index in [-0.39, 0.29) is 10.8 Å². The SMILES string of the molecule is CC(C)(C)c1ccc2c(c1)c1ccccc1n2-c1cnccc1-c1ccc(-c2nc(-c3ccccc3)cc(-c3ccccc3)n2)cc1-n1c2ccccc2c2cc(C(C)(C)C)ccc21. The summed E-state index contributed by atoms with van der Waals surface area (Å²) in [5, 5.41) is 4.88. The predicted octanol–water partition coefficient (Wildman–Crippen LogP) is 15.3. The minimum Gasteiger partial charge on any atom is -0.309 e. The van der Waals surface area contributed by atoms with Gasteiger partial charge in [-0.2, -0.15) is 0 Å². The Morgan fingerprint density at radius 3 is 1.38 bits per heavy atom. The van der Waals surface area contributed by atoms with Crippen LogP contribution in [0.3, 0.4) is 0 Å². The highest BCUT2D eigenvalue weighted by molar-refractivity contribution is 6.12. The monoisotopic (exact) mass is 827 g/mol. The Balaban J connectivity index is 1.21. The minimum atomic E-state index is -0.0120. The zero-order chi connectivity index (χ0) is 43.7. The molecule has 5 nitrogen and oxygen atoms in total. The summed E-state index contributed by atoms with van der Waals surface area (Å²) in [4.78, 5) is 15.4. The standard InChI is InChI=1S/C59H49N5/c1-58(2,3)41-26-29-53-47(34-41)43-21-13-15-23-51(43)63(53)55-33-40(57-61-49(38-17-9-7-10-18-38)36-50(62-57)39-19-11-8-12-20-39)25-28-45(55)46-31-32-60-37-56(46)64-52-24-16-14-22-44(52)48-35-42(59(4,5)6)27-30-54(48)64/h7-37H,1-6H3. The molecule has 0 aliphatic rings. The molecule has 0 fully saturated rings. The van der Waals surface area contributed by atoms with Crippen molar-refractivity contribution < 1.29 is 0 Å². The molecule has 5 heteroatoms. The van der Waals surface area contributed by atoms with Crippen LogP contribution < -0.4 is 0 Å². The molecule has 0 unspecified atom stereocenters. The number of pyridine rings is 1. The van der Waals surface area contributed by atoms with Crippen LogP contribution >= 0.6 is 0 Å². The molecule has 0 saturated carbocycles. The van der Waals surface area contributed by atoms with Gasteiger partial charge in [0.1, 0.15) is 0 Å². The van der Waals surface area contributed by atoms with Gasteiger partial charge in [0.25, 0.3) is 0 Å². The van der Waals surface area contributed by atoms with E-state index in [0.717, 1.165) is 72.6 Å². The lowest BCUT2D eigenvalue weighted by atomic mass is 9.86. The number of hydrogen-bond acceptors (Lipinski definition) is 3. The van der Waals surface area contributed by atoms with Crippen LogP contribution in [0.2, 0.25) is 0 Å². The van der Waals surface area contributed by atoms with E-state index in [1.807, 2.05) is 24.5 Å². The lowest BCUT2D eigenvalue weighted by molar-refractivity contribution is 0.591. The molecule has 4 heterocycles. The van der Waals surface area contributed by atoms with E-state index in [1.54, 1.807) is 0 Å². The van der Waals surface area contributed by atoms with Gasteiger partial charge in [-0.15, -0.1) is 0 Å². The van der Waals surface area contributed by atoms with Crippen LogP contribution in [0.25, 0.3) is 100 Å². The molecule has 11 rings (SSSR count). The smallest absolute Gasteiger partial charge is 0.160 e. The molecule has 0 saturated heterocycles. The zero-order valence-corrected chi connectivity index (χ0v) is 37.1. The molecule has 0 bridgehead atoms. The molecular weight excluding hydrogens is 779 g/mol. The summed E-state index contributed by atoms with van der Waals surface area (Å²) in [5.41, 5.74) is 16.1. The van der Waals surface area contributed by atoms with Crippen LogP contribution in [0.15, 0.2) is 188 Å². The third kappa shape index (κ3) is 6.67. The van der Waals surface area contributed by atoms with Gasteiger partial charge in [0.2, 0.25) is 0 Å². The first-order valence-corrected chi connectivity index (χ1v) is 22.2. The van der Waals surface area contributed by atoms with Crippen molar-refractivity contribution in [2.24, 2.45) is 0 Å². The van der Waals surface area contributed by atoms with Gasteiger partial charge < -0.3 is 9.13 Å². The van der Waals surface area contributed by atoms with Crippen LogP contribution in [0.5, 0.6) is 0 Å². The van der Waals surface area contributed by atoms with Crippen molar-refractivity contribution in [2.75, 3.05) is 0 Å². The van der Waals surface area contributed by atoms with Gasteiger partial charge in [0.05, 0.1) is 51.0 Å². The first kappa shape index (κ1) is 39.2. The zero-order valence-electron chi connectivity index (χ0n) is 37.1. The van der Waals surface area contributed by atoms with E-state index in [0.29, 0.717) is 5.82 Å². The normalized spacial score (nSPS) is 12.2. The number of hydrogen-bond donors (Lipinski definition) is 0. The Hall–Kier alpha value is -7.63. The van der Waals surface area contributed by atoms with Crippen LogP contribution in [0, 0.1) is 0 Å². The topological polar surface area (TPSA) is 48.5 Å². The van der Waals surface area contributed by atoms with E-state index in [2.05, 4.69) is 214 Å². The maximum absolute atomic E-state index is 5.30. The Labute approximate surface area is 374 Å². The van der Waals surface area contributed by atoms with Gasteiger partial charge in [-0.25, -0.2) is 9.97 Å². The average molecular weight is 828 g/mol. The van der Waals surface area contributed by atoms with Gasteiger partial charge >= 0.3 is 0 Å². The second-order valence-electron chi connectivity index (χ2n) is 19.0. The average Bonchev–Trinajstić information content (AvgIpc) is 3.83. The Morgan fingerprint density at radius 2 is 0.844 bits per heavy atom. The van der Waals surface area contributed by atoms with Gasteiger partial charge in [-0.1, -0.05) is 163 Å². The molecule has 11 aromatic rings. The van der Waals surface area contributed by atoms with Crippen molar-refractivity contribution in [3.05, 3.63) is 199 Å². The minimum absolute atomic E-state index is 0.00957. The number of rotatable bonds is 6. The summed E-state index contributed by atoms with van der Waals surface area (Å²) in [6, 6.07) is 63.3. The van der Waals surface area contributed by atoms with E-state index >= 15 is 0 Å². The molecule has 0 amide bonds. The number of aromatic nitrogens is 5. The summed E-state index contributed by atoms with van der Waals surface area (Å²) in [5.74, 6) is 0.663. The van der Waals surface area contributed by atoms with Crippen LogP contribution in [-0.2, 0) is 10.8 Å². The third-order valence-electron chi connectivity index (χ3n) is 12.8. The van der Waals surface area contributed by atoms with Crippen molar-refractivity contribution in [3.63, 3.8) is 0 Å². The fraction of sp³-hybridized carbons (Fsp3) is 0.136. The fourth-order valence-electron chi connectivity index (χ4n) is 9.36. The molecule has 7 aromatic carbocycles. The van der Waals surface area contributed by atoms with Gasteiger partial charge in [0, 0.05) is 55.6 Å². The van der Waals surface area contributed by atoms with Gasteiger partial charge in [-0.3, -0.25) is 4.98 Å². The first-order chi connectivity index (χ1) is 31.0. The van der Waals surface area contributed by atoms with Gasteiger partial charge in [-0.05, 0) is 76.6 Å². The lowest BCUT2D eigenvalue weighted by Gasteiger charge is -2.21. The summed E-state index contributed by atoms with van der Waals surface area (Å²) in [6.45, 7) is 13.7. The first-order valence-electron chi connectivity index (χ1n) is 22.2. The Kier molecular flexibility index (Phi) is 9.21. The second kappa shape index (κ2) is 15.0. The molecule has 4 aromatic heterocycles. The highest BCUT2D eigenvalue weighted by Gasteiger charge is 2.24. The lowest BCUT2D eigenvalue weighted by Crippen LogP contribution is -2.10. The highest BCUT2D eigenvalue weighted by Crippen LogP contribution is 2.43. The van der Waals surface area contributed by atoms with Gasteiger partial charge in [0.15, 0.2) is 5.82 Å². The number of nitrogens with zero attached hydrogens (tertiary/aromatic N) is 5. The molecule has 0 aliphatic carbocycles.